The minimum Gasteiger partial charge on any atom is -0.350 e. The highest BCUT2D eigenvalue weighted by Crippen LogP contribution is 2.21. The summed E-state index contributed by atoms with van der Waals surface area (Å²) in [4.78, 5) is 26.1. The maximum absolute atomic E-state index is 13.3. The van der Waals surface area contributed by atoms with E-state index in [2.05, 4.69) is 10.6 Å². The molecule has 2 amide bonds. The number of hydrogen-bond donors (Lipinski definition) is 3. The molecule has 0 unspecified atom stereocenters. The summed E-state index contributed by atoms with van der Waals surface area (Å²) in [5.41, 5.74) is 7.99. The van der Waals surface area contributed by atoms with Gasteiger partial charge in [0.15, 0.2) is 0 Å². The van der Waals surface area contributed by atoms with Crippen molar-refractivity contribution in [1.29, 1.82) is 0 Å². The van der Waals surface area contributed by atoms with Crippen LogP contribution in [0.2, 0.25) is 0 Å². The van der Waals surface area contributed by atoms with Gasteiger partial charge in [0.1, 0.15) is 11.9 Å². The van der Waals surface area contributed by atoms with Crippen LogP contribution < -0.4 is 16.4 Å². The molecule has 1 aliphatic rings. The molecule has 0 saturated carbocycles. The summed E-state index contributed by atoms with van der Waals surface area (Å²) in [7, 11) is -3.72. The van der Waals surface area contributed by atoms with E-state index < -0.39 is 46.0 Å². The lowest BCUT2D eigenvalue weighted by atomic mass is 9.92. The highest BCUT2D eigenvalue weighted by atomic mass is 32.2. The molecule has 0 aliphatic carbocycles. The maximum atomic E-state index is 13.3. The fourth-order valence-corrected chi connectivity index (χ4v) is 6.41. The van der Waals surface area contributed by atoms with Crippen LogP contribution in [-0.2, 0) is 26.2 Å². The Labute approximate surface area is 231 Å². The molecule has 0 aromatic heterocycles. The van der Waals surface area contributed by atoms with E-state index in [0.29, 0.717) is 25.2 Å². The number of nitrogens with one attached hydrogen (secondary N) is 2. The van der Waals surface area contributed by atoms with E-state index in [1.54, 1.807) is 13.8 Å². The number of benzene rings is 2. The normalized spacial score (nSPS) is 18.7. The van der Waals surface area contributed by atoms with Gasteiger partial charge in [-0.3, -0.25) is 9.59 Å². The van der Waals surface area contributed by atoms with Gasteiger partial charge >= 0.3 is 0 Å². The van der Waals surface area contributed by atoms with Gasteiger partial charge in [0.25, 0.3) is 10.2 Å². The Balaban J connectivity index is 1.69. The Hall–Kier alpha value is -2.86. The van der Waals surface area contributed by atoms with Crippen molar-refractivity contribution in [2.45, 2.75) is 64.6 Å². The number of rotatable bonds is 13. The first kappa shape index (κ1) is 30.7. The van der Waals surface area contributed by atoms with Gasteiger partial charge in [-0.15, -0.1) is 0 Å². The molecule has 11 heteroatoms. The molecule has 4 N–H and O–H groups in total. The maximum Gasteiger partial charge on any atom is 0.282 e. The van der Waals surface area contributed by atoms with Crippen LogP contribution in [0.25, 0.3) is 0 Å². The lowest BCUT2D eigenvalue weighted by molar-refractivity contribution is -0.125. The Morgan fingerprint density at radius 3 is 2.33 bits per heavy atom. The zero-order chi connectivity index (χ0) is 28.6. The molecule has 9 nitrogen and oxygen atoms in total. The summed E-state index contributed by atoms with van der Waals surface area (Å²) < 4.78 is 41.9. The molecule has 4 atom stereocenters. The molecular formula is C28H40FN5O4S. The van der Waals surface area contributed by atoms with Crippen LogP contribution in [0.1, 0.15) is 45.6 Å². The molecule has 1 saturated heterocycles. The second-order valence-corrected chi connectivity index (χ2v) is 12.0. The SMILES string of the molecule is CCCCN1CCN([C@H](C)C(=O)N[C@@H](Cc2ccccc2)[C@@H](N)C[C@@H](C)C(=O)Nc2ccc(F)cc2)S1(=O)=O. The Morgan fingerprint density at radius 2 is 1.69 bits per heavy atom. The topological polar surface area (TPSA) is 125 Å². The average molecular weight is 562 g/mol. The molecule has 1 fully saturated rings. The number of hydrogen-bond acceptors (Lipinski definition) is 5. The van der Waals surface area contributed by atoms with Crippen molar-refractivity contribution < 1.29 is 22.4 Å². The summed E-state index contributed by atoms with van der Waals surface area (Å²) in [6, 6.07) is 13.0. The number of nitrogens with zero attached hydrogens (tertiary/aromatic N) is 2. The first-order chi connectivity index (χ1) is 18.5. The van der Waals surface area contributed by atoms with Crippen molar-refractivity contribution in [2.75, 3.05) is 25.0 Å². The van der Waals surface area contributed by atoms with Crippen LogP contribution in [0.3, 0.4) is 0 Å². The summed E-state index contributed by atoms with van der Waals surface area (Å²) in [6.45, 7) is 6.36. The van der Waals surface area contributed by atoms with E-state index in [4.69, 9.17) is 5.73 Å². The van der Waals surface area contributed by atoms with Crippen LogP contribution in [-0.4, -0.2) is 66.6 Å². The van der Waals surface area contributed by atoms with Gasteiger partial charge < -0.3 is 16.4 Å². The Kier molecular flexibility index (Phi) is 11.0. The van der Waals surface area contributed by atoms with Gasteiger partial charge in [0, 0.05) is 43.3 Å². The summed E-state index contributed by atoms with van der Waals surface area (Å²) in [5, 5.41) is 5.74. The van der Waals surface area contributed by atoms with E-state index in [-0.39, 0.29) is 18.9 Å². The first-order valence-corrected chi connectivity index (χ1v) is 14.9. The minimum atomic E-state index is -3.72. The van der Waals surface area contributed by atoms with Gasteiger partial charge in [-0.1, -0.05) is 50.6 Å². The summed E-state index contributed by atoms with van der Waals surface area (Å²) >= 11 is 0. The van der Waals surface area contributed by atoms with Crippen molar-refractivity contribution in [2.24, 2.45) is 11.7 Å². The fraction of sp³-hybridized carbons (Fsp3) is 0.500. The highest BCUT2D eigenvalue weighted by molar-refractivity contribution is 7.87. The van der Waals surface area contributed by atoms with E-state index in [1.165, 1.54) is 32.9 Å². The van der Waals surface area contributed by atoms with Crippen molar-refractivity contribution in [3.63, 3.8) is 0 Å². The summed E-state index contributed by atoms with van der Waals surface area (Å²) in [5.74, 6) is -1.60. The van der Waals surface area contributed by atoms with Gasteiger partial charge in [-0.2, -0.15) is 17.0 Å². The number of carbonyl (C=O) groups excluding carboxylic acids is 2. The first-order valence-electron chi connectivity index (χ1n) is 13.5. The monoisotopic (exact) mass is 561 g/mol. The summed E-state index contributed by atoms with van der Waals surface area (Å²) in [6.07, 6.45) is 2.32. The lowest BCUT2D eigenvalue weighted by Crippen LogP contribution is -2.55. The third-order valence-electron chi connectivity index (χ3n) is 7.09. The van der Waals surface area contributed by atoms with Gasteiger partial charge in [0.2, 0.25) is 11.8 Å². The molecule has 2 aromatic carbocycles. The second kappa shape index (κ2) is 14.0. The number of unbranched alkanes of at least 4 members (excludes halogenated alkanes) is 1. The van der Waals surface area contributed by atoms with E-state index in [9.17, 15) is 22.4 Å². The van der Waals surface area contributed by atoms with Crippen LogP contribution in [0.15, 0.2) is 54.6 Å². The smallest absolute Gasteiger partial charge is 0.282 e. The van der Waals surface area contributed by atoms with E-state index in [0.717, 1.165) is 18.4 Å². The molecule has 2 aromatic rings. The highest BCUT2D eigenvalue weighted by Gasteiger charge is 2.41. The standard InChI is InChI=1S/C28H40FN5O4S/c1-4-5-15-33-16-17-34(39(33,37)38)21(3)28(36)32-26(19-22-9-7-6-8-10-22)25(30)18-20(2)27(35)31-24-13-11-23(29)12-14-24/h6-14,20-21,25-26H,4-5,15-19,30H2,1-3H3,(H,31,35)(H,32,36)/t20-,21-,25+,26+/m1/s1. The second-order valence-electron chi connectivity index (χ2n) is 10.1. The van der Waals surface area contributed by atoms with Crippen LogP contribution in [0.5, 0.6) is 0 Å². The molecule has 0 radical (unpaired) electrons. The largest absolute Gasteiger partial charge is 0.350 e. The number of carbonyl (C=O) groups is 2. The Bertz CT molecular complexity index is 1200. The van der Waals surface area contributed by atoms with Crippen LogP contribution in [0.4, 0.5) is 10.1 Å². The molecule has 1 aliphatic heterocycles. The molecular weight excluding hydrogens is 521 g/mol. The van der Waals surface area contributed by atoms with Crippen LogP contribution in [0, 0.1) is 11.7 Å². The number of nitrogens with two attached hydrogens (primary N) is 1. The number of anilines is 1. The molecule has 1 heterocycles. The third-order valence-corrected chi connectivity index (χ3v) is 9.20. The predicted octanol–water partition coefficient (Wildman–Crippen LogP) is 2.90. The van der Waals surface area contributed by atoms with Crippen molar-refractivity contribution in [3.05, 3.63) is 66.0 Å². The average Bonchev–Trinajstić information content (AvgIpc) is 3.21. The quantitative estimate of drug-likeness (QED) is 0.347. The van der Waals surface area contributed by atoms with Gasteiger partial charge in [0.05, 0.1) is 0 Å². The fourth-order valence-electron chi connectivity index (χ4n) is 4.63. The minimum absolute atomic E-state index is 0.247. The van der Waals surface area contributed by atoms with Gasteiger partial charge in [-0.05, 0) is 56.0 Å². The van der Waals surface area contributed by atoms with Crippen molar-refractivity contribution >= 4 is 27.7 Å². The van der Waals surface area contributed by atoms with Crippen LogP contribution >= 0.6 is 0 Å². The molecule has 214 valence electrons. The van der Waals surface area contributed by atoms with Crippen molar-refractivity contribution in [3.8, 4) is 0 Å². The zero-order valence-electron chi connectivity index (χ0n) is 22.8. The van der Waals surface area contributed by atoms with Gasteiger partial charge in [-0.25, -0.2) is 4.39 Å². The number of halogens is 1. The molecule has 39 heavy (non-hydrogen) atoms. The predicted molar refractivity (Wildman–Crippen MR) is 150 cm³/mol. The zero-order valence-corrected chi connectivity index (χ0v) is 23.7. The Morgan fingerprint density at radius 1 is 1.03 bits per heavy atom. The van der Waals surface area contributed by atoms with E-state index >= 15 is 0 Å². The third kappa shape index (κ3) is 8.31. The molecule has 0 bridgehead atoms. The van der Waals surface area contributed by atoms with E-state index in [1.807, 2.05) is 37.3 Å². The molecule has 0 spiro atoms. The number of amides is 2. The lowest BCUT2D eigenvalue weighted by Gasteiger charge is -2.30. The molecule has 3 rings (SSSR count). The van der Waals surface area contributed by atoms with Crippen molar-refractivity contribution in [1.82, 2.24) is 13.9 Å².